The highest BCUT2D eigenvalue weighted by Gasteiger charge is 2.27. The van der Waals surface area contributed by atoms with Gasteiger partial charge in [0.1, 0.15) is 11.6 Å². The molecule has 1 aromatic rings. The maximum absolute atomic E-state index is 13.6. The molecule has 0 heterocycles. The molecule has 0 aliphatic heterocycles. The van der Waals surface area contributed by atoms with E-state index in [4.69, 9.17) is 0 Å². The molecular weight excluding hydrogens is 220 g/mol. The van der Waals surface area contributed by atoms with Gasteiger partial charge in [-0.2, -0.15) is 0 Å². The summed E-state index contributed by atoms with van der Waals surface area (Å²) >= 11 is 0. The van der Waals surface area contributed by atoms with E-state index in [0.717, 1.165) is 19.0 Å². The van der Waals surface area contributed by atoms with Crippen molar-refractivity contribution in [2.24, 2.45) is 5.92 Å². The Morgan fingerprint density at radius 3 is 2.82 bits per heavy atom. The molecule has 3 heteroatoms. The Labute approximate surface area is 101 Å². The van der Waals surface area contributed by atoms with Crippen LogP contribution in [0.1, 0.15) is 31.7 Å². The van der Waals surface area contributed by atoms with Gasteiger partial charge in [-0.25, -0.2) is 8.78 Å². The van der Waals surface area contributed by atoms with Gasteiger partial charge < -0.3 is 5.32 Å². The van der Waals surface area contributed by atoms with Crippen LogP contribution >= 0.6 is 0 Å². The summed E-state index contributed by atoms with van der Waals surface area (Å²) < 4.78 is 26.4. The zero-order valence-corrected chi connectivity index (χ0v) is 10.2. The van der Waals surface area contributed by atoms with E-state index in [1.807, 2.05) is 0 Å². The van der Waals surface area contributed by atoms with Crippen molar-refractivity contribution in [2.45, 2.75) is 38.6 Å². The summed E-state index contributed by atoms with van der Waals surface area (Å²) in [6.07, 6.45) is 4.21. The first kappa shape index (κ1) is 12.5. The molecule has 0 saturated heterocycles. The summed E-state index contributed by atoms with van der Waals surface area (Å²) in [5, 5.41) is 3.45. The Bertz CT molecular complexity index is 378. The summed E-state index contributed by atoms with van der Waals surface area (Å²) in [5.41, 5.74) is 0.640. The fraction of sp³-hybridized carbons (Fsp3) is 0.571. The SMILES string of the molecule is CCNC1CCCC1Cc1ccc(F)cc1F. The van der Waals surface area contributed by atoms with E-state index in [-0.39, 0.29) is 0 Å². The van der Waals surface area contributed by atoms with Crippen LogP contribution in [-0.4, -0.2) is 12.6 Å². The van der Waals surface area contributed by atoms with Gasteiger partial charge in [0.2, 0.25) is 0 Å². The van der Waals surface area contributed by atoms with Crippen molar-refractivity contribution >= 4 is 0 Å². The van der Waals surface area contributed by atoms with Crippen molar-refractivity contribution in [3.05, 3.63) is 35.4 Å². The minimum atomic E-state index is -0.499. The summed E-state index contributed by atoms with van der Waals surface area (Å²) in [5.74, 6) is -0.428. The Morgan fingerprint density at radius 1 is 1.29 bits per heavy atom. The Balaban J connectivity index is 2.04. The first-order valence-corrected chi connectivity index (χ1v) is 6.38. The second kappa shape index (κ2) is 5.58. The van der Waals surface area contributed by atoms with Crippen LogP contribution in [0.4, 0.5) is 8.78 Å². The van der Waals surface area contributed by atoms with Crippen LogP contribution in [0.2, 0.25) is 0 Å². The predicted octanol–water partition coefficient (Wildman–Crippen LogP) is 3.29. The molecule has 0 amide bonds. The number of rotatable bonds is 4. The number of nitrogens with one attached hydrogen (secondary N) is 1. The van der Waals surface area contributed by atoms with Gasteiger partial charge in [-0.3, -0.25) is 0 Å². The Morgan fingerprint density at radius 2 is 2.12 bits per heavy atom. The van der Waals surface area contributed by atoms with Crippen LogP contribution in [-0.2, 0) is 6.42 Å². The number of halogens is 2. The monoisotopic (exact) mass is 239 g/mol. The molecule has 1 nitrogen and oxygen atoms in total. The van der Waals surface area contributed by atoms with Crippen molar-refractivity contribution in [1.82, 2.24) is 5.32 Å². The zero-order valence-electron chi connectivity index (χ0n) is 10.2. The summed E-state index contributed by atoms with van der Waals surface area (Å²) in [4.78, 5) is 0. The fourth-order valence-electron chi connectivity index (χ4n) is 2.78. The minimum Gasteiger partial charge on any atom is -0.314 e. The molecule has 0 bridgehead atoms. The predicted molar refractivity (Wildman–Crippen MR) is 64.9 cm³/mol. The highest BCUT2D eigenvalue weighted by atomic mass is 19.1. The summed E-state index contributed by atoms with van der Waals surface area (Å²) in [6.45, 7) is 3.04. The van der Waals surface area contributed by atoms with Crippen LogP contribution in [0.25, 0.3) is 0 Å². The van der Waals surface area contributed by atoms with E-state index < -0.39 is 11.6 Å². The fourth-order valence-corrected chi connectivity index (χ4v) is 2.78. The van der Waals surface area contributed by atoms with Crippen LogP contribution in [0.15, 0.2) is 18.2 Å². The molecule has 1 N–H and O–H groups in total. The van der Waals surface area contributed by atoms with Crippen molar-refractivity contribution < 1.29 is 8.78 Å². The second-order valence-electron chi connectivity index (χ2n) is 4.80. The van der Waals surface area contributed by atoms with Gasteiger partial charge in [-0.1, -0.05) is 19.4 Å². The third kappa shape index (κ3) is 3.03. The zero-order chi connectivity index (χ0) is 12.3. The largest absolute Gasteiger partial charge is 0.314 e. The molecule has 1 aromatic carbocycles. The quantitative estimate of drug-likeness (QED) is 0.850. The maximum Gasteiger partial charge on any atom is 0.129 e. The lowest BCUT2D eigenvalue weighted by molar-refractivity contribution is 0.400. The van der Waals surface area contributed by atoms with E-state index in [2.05, 4.69) is 12.2 Å². The van der Waals surface area contributed by atoms with Crippen molar-refractivity contribution in [2.75, 3.05) is 6.54 Å². The van der Waals surface area contributed by atoms with Crippen molar-refractivity contribution in [1.29, 1.82) is 0 Å². The number of hydrogen-bond acceptors (Lipinski definition) is 1. The Hall–Kier alpha value is -0.960. The molecule has 0 radical (unpaired) electrons. The van der Waals surface area contributed by atoms with E-state index in [0.29, 0.717) is 23.9 Å². The average molecular weight is 239 g/mol. The molecule has 17 heavy (non-hydrogen) atoms. The Kier molecular flexibility index (Phi) is 4.11. The topological polar surface area (TPSA) is 12.0 Å². The van der Waals surface area contributed by atoms with E-state index >= 15 is 0 Å². The van der Waals surface area contributed by atoms with Gasteiger partial charge in [-0.05, 0) is 43.4 Å². The van der Waals surface area contributed by atoms with Crippen LogP contribution in [0.3, 0.4) is 0 Å². The molecule has 2 atom stereocenters. The molecule has 0 spiro atoms. The van der Waals surface area contributed by atoms with E-state index in [9.17, 15) is 8.78 Å². The van der Waals surface area contributed by atoms with Gasteiger partial charge in [0.15, 0.2) is 0 Å². The summed E-state index contributed by atoms with van der Waals surface area (Å²) in [6, 6.07) is 4.39. The van der Waals surface area contributed by atoms with Crippen molar-refractivity contribution in [3.63, 3.8) is 0 Å². The van der Waals surface area contributed by atoms with E-state index in [1.165, 1.54) is 18.9 Å². The highest BCUT2D eigenvalue weighted by molar-refractivity contribution is 5.19. The van der Waals surface area contributed by atoms with Crippen molar-refractivity contribution in [3.8, 4) is 0 Å². The van der Waals surface area contributed by atoms with Gasteiger partial charge in [0, 0.05) is 12.1 Å². The van der Waals surface area contributed by atoms with Gasteiger partial charge in [0.25, 0.3) is 0 Å². The normalized spacial score (nSPS) is 24.2. The lowest BCUT2D eigenvalue weighted by Crippen LogP contribution is -2.33. The third-order valence-electron chi connectivity index (χ3n) is 3.62. The lowest BCUT2D eigenvalue weighted by atomic mass is 9.94. The molecule has 94 valence electrons. The average Bonchev–Trinajstić information content (AvgIpc) is 2.71. The van der Waals surface area contributed by atoms with Gasteiger partial charge in [0.05, 0.1) is 0 Å². The molecule has 1 saturated carbocycles. The second-order valence-corrected chi connectivity index (χ2v) is 4.80. The molecule has 1 aliphatic carbocycles. The third-order valence-corrected chi connectivity index (χ3v) is 3.62. The summed E-state index contributed by atoms with van der Waals surface area (Å²) in [7, 11) is 0. The smallest absolute Gasteiger partial charge is 0.129 e. The number of hydrogen-bond donors (Lipinski definition) is 1. The molecule has 0 aromatic heterocycles. The molecule has 1 fully saturated rings. The molecule has 2 rings (SSSR count). The van der Waals surface area contributed by atoms with Crippen LogP contribution in [0.5, 0.6) is 0 Å². The molecule has 1 aliphatic rings. The molecular formula is C14H19F2N. The van der Waals surface area contributed by atoms with Crippen LogP contribution < -0.4 is 5.32 Å². The lowest BCUT2D eigenvalue weighted by Gasteiger charge is -2.20. The highest BCUT2D eigenvalue weighted by Crippen LogP contribution is 2.29. The molecule has 2 unspecified atom stereocenters. The van der Waals surface area contributed by atoms with Gasteiger partial charge >= 0.3 is 0 Å². The van der Waals surface area contributed by atoms with E-state index in [1.54, 1.807) is 6.07 Å². The van der Waals surface area contributed by atoms with Crippen LogP contribution in [0, 0.1) is 17.6 Å². The maximum atomic E-state index is 13.6. The minimum absolute atomic E-state index is 0.410. The standard InChI is InChI=1S/C14H19F2N/c1-2-17-14-5-3-4-11(14)8-10-6-7-12(15)9-13(10)16/h6-7,9,11,14,17H,2-5,8H2,1H3. The van der Waals surface area contributed by atoms with Gasteiger partial charge in [-0.15, -0.1) is 0 Å². The first-order valence-electron chi connectivity index (χ1n) is 6.38. The first-order chi connectivity index (χ1) is 8.20. The number of benzene rings is 1.